The lowest BCUT2D eigenvalue weighted by Crippen LogP contribution is -2.48. The van der Waals surface area contributed by atoms with Crippen molar-refractivity contribution >= 4 is 11.7 Å². The first-order chi connectivity index (χ1) is 10.0. The first-order valence-electron chi connectivity index (χ1n) is 6.47. The second-order valence-corrected chi connectivity index (χ2v) is 4.43. The molecule has 21 heavy (non-hydrogen) atoms. The molecule has 0 amide bonds. The lowest BCUT2D eigenvalue weighted by Gasteiger charge is -2.31. The molecular weight excluding hydrogens is 272 g/mol. The van der Waals surface area contributed by atoms with Crippen molar-refractivity contribution in [2.75, 3.05) is 34.5 Å². The van der Waals surface area contributed by atoms with Crippen LogP contribution in [0.25, 0.3) is 0 Å². The highest BCUT2D eigenvalue weighted by atomic mass is 16.5. The summed E-state index contributed by atoms with van der Waals surface area (Å²) in [4.78, 5) is 5.77. The minimum absolute atomic E-state index is 0.112. The van der Waals surface area contributed by atoms with Gasteiger partial charge in [-0.3, -0.25) is 10.8 Å². The fraction of sp³-hybridized carbons (Fsp3) is 0.500. The number of rotatable bonds is 7. The standard InChI is InChI=1S/C14H22N4O3/c1-10(15)18(11(8-19-2)9-20-3)14(16)12-6-5-7-13(17-12)21-4/h5-7,11,15-16H,8-9H2,1-4H3. The molecule has 7 heteroatoms. The number of ether oxygens (including phenoxy) is 3. The van der Waals surface area contributed by atoms with Crippen molar-refractivity contribution in [2.24, 2.45) is 0 Å². The van der Waals surface area contributed by atoms with Gasteiger partial charge in [-0.05, 0) is 13.0 Å². The van der Waals surface area contributed by atoms with Crippen molar-refractivity contribution in [3.63, 3.8) is 0 Å². The van der Waals surface area contributed by atoms with Crippen LogP contribution < -0.4 is 4.74 Å². The van der Waals surface area contributed by atoms with Crippen LogP contribution in [0, 0.1) is 10.8 Å². The summed E-state index contributed by atoms with van der Waals surface area (Å²) in [6.45, 7) is 2.31. The summed E-state index contributed by atoms with van der Waals surface area (Å²) in [5.74, 6) is 0.763. The molecule has 1 rings (SSSR count). The maximum atomic E-state index is 8.33. The first-order valence-corrected chi connectivity index (χ1v) is 6.47. The molecule has 0 saturated heterocycles. The lowest BCUT2D eigenvalue weighted by molar-refractivity contribution is 0.0851. The Bertz CT molecular complexity index is 487. The van der Waals surface area contributed by atoms with Crippen molar-refractivity contribution in [3.05, 3.63) is 23.9 Å². The highest BCUT2D eigenvalue weighted by molar-refractivity contribution is 6.05. The number of nitrogens with one attached hydrogen (secondary N) is 2. The summed E-state index contributed by atoms with van der Waals surface area (Å²) in [6, 6.07) is 4.91. The van der Waals surface area contributed by atoms with Crippen molar-refractivity contribution in [1.29, 1.82) is 10.8 Å². The number of hydrogen-bond donors (Lipinski definition) is 2. The fourth-order valence-corrected chi connectivity index (χ4v) is 1.99. The van der Waals surface area contributed by atoms with E-state index >= 15 is 0 Å². The normalized spacial score (nSPS) is 10.5. The Morgan fingerprint density at radius 1 is 1.19 bits per heavy atom. The van der Waals surface area contributed by atoms with Crippen molar-refractivity contribution in [2.45, 2.75) is 13.0 Å². The van der Waals surface area contributed by atoms with Gasteiger partial charge in [0.25, 0.3) is 0 Å². The molecule has 0 saturated carbocycles. The zero-order valence-corrected chi connectivity index (χ0v) is 12.8. The minimum Gasteiger partial charge on any atom is -0.481 e. The Morgan fingerprint density at radius 2 is 1.81 bits per heavy atom. The van der Waals surface area contributed by atoms with Crippen LogP contribution >= 0.6 is 0 Å². The van der Waals surface area contributed by atoms with E-state index in [1.807, 2.05) is 0 Å². The Kier molecular flexibility index (Phi) is 6.77. The third kappa shape index (κ3) is 4.51. The number of hydrogen-bond acceptors (Lipinski definition) is 6. The number of methoxy groups -OCH3 is 3. The molecule has 2 N–H and O–H groups in total. The van der Waals surface area contributed by atoms with E-state index in [-0.39, 0.29) is 17.7 Å². The molecule has 0 aromatic carbocycles. The molecule has 0 bridgehead atoms. The molecule has 0 unspecified atom stereocenters. The average molecular weight is 294 g/mol. The second kappa shape index (κ2) is 8.33. The molecule has 0 aliphatic heterocycles. The SMILES string of the molecule is COCC(COC)N(C(C)=N)C(=N)c1cccc(OC)n1. The van der Waals surface area contributed by atoms with Crippen molar-refractivity contribution in [1.82, 2.24) is 9.88 Å². The van der Waals surface area contributed by atoms with E-state index in [9.17, 15) is 0 Å². The van der Waals surface area contributed by atoms with Gasteiger partial charge in [0.1, 0.15) is 5.69 Å². The van der Waals surface area contributed by atoms with Crippen LogP contribution in [0.4, 0.5) is 0 Å². The van der Waals surface area contributed by atoms with Gasteiger partial charge in [-0.2, -0.15) is 0 Å². The van der Waals surface area contributed by atoms with Gasteiger partial charge in [-0.1, -0.05) is 6.07 Å². The van der Waals surface area contributed by atoms with Gasteiger partial charge in [0.2, 0.25) is 5.88 Å². The number of amidine groups is 2. The van der Waals surface area contributed by atoms with Crippen LogP contribution in [0.2, 0.25) is 0 Å². The quantitative estimate of drug-likeness (QED) is 0.585. The molecule has 7 nitrogen and oxygen atoms in total. The van der Waals surface area contributed by atoms with E-state index in [1.165, 1.54) is 12.0 Å². The van der Waals surface area contributed by atoms with Gasteiger partial charge in [0.05, 0.1) is 32.2 Å². The Morgan fingerprint density at radius 3 is 2.29 bits per heavy atom. The molecule has 0 spiro atoms. The molecule has 1 aromatic heterocycles. The second-order valence-electron chi connectivity index (χ2n) is 4.43. The van der Waals surface area contributed by atoms with Crippen LogP contribution in [-0.2, 0) is 9.47 Å². The highest BCUT2D eigenvalue weighted by Crippen LogP contribution is 2.12. The minimum atomic E-state index is -0.266. The monoisotopic (exact) mass is 294 g/mol. The van der Waals surface area contributed by atoms with E-state index < -0.39 is 0 Å². The molecular formula is C14H22N4O3. The maximum absolute atomic E-state index is 8.33. The topological polar surface area (TPSA) is 91.5 Å². The van der Waals surface area contributed by atoms with E-state index in [0.29, 0.717) is 24.8 Å². The predicted octanol–water partition coefficient (Wildman–Crippen LogP) is 1.38. The summed E-state index contributed by atoms with van der Waals surface area (Å²) < 4.78 is 15.4. The molecule has 0 fully saturated rings. The third-order valence-corrected chi connectivity index (χ3v) is 2.86. The van der Waals surface area contributed by atoms with Crippen LogP contribution in [0.1, 0.15) is 12.6 Å². The van der Waals surface area contributed by atoms with Gasteiger partial charge in [0.15, 0.2) is 5.84 Å². The van der Waals surface area contributed by atoms with E-state index in [1.54, 1.807) is 39.3 Å². The fourth-order valence-electron chi connectivity index (χ4n) is 1.99. The molecule has 0 aliphatic rings. The summed E-state index contributed by atoms with van der Waals surface area (Å²) >= 11 is 0. The lowest BCUT2D eigenvalue weighted by atomic mass is 10.2. The average Bonchev–Trinajstić information content (AvgIpc) is 2.47. The molecule has 0 radical (unpaired) electrons. The van der Waals surface area contributed by atoms with Crippen molar-refractivity contribution in [3.8, 4) is 5.88 Å². The van der Waals surface area contributed by atoms with Gasteiger partial charge in [0, 0.05) is 20.3 Å². The molecule has 0 aliphatic carbocycles. The van der Waals surface area contributed by atoms with E-state index in [2.05, 4.69) is 4.98 Å². The number of nitrogens with zero attached hydrogens (tertiary/aromatic N) is 2. The van der Waals surface area contributed by atoms with E-state index in [0.717, 1.165) is 0 Å². The highest BCUT2D eigenvalue weighted by Gasteiger charge is 2.25. The van der Waals surface area contributed by atoms with Crippen LogP contribution in [0.5, 0.6) is 5.88 Å². The molecule has 1 aromatic rings. The van der Waals surface area contributed by atoms with Gasteiger partial charge in [-0.25, -0.2) is 4.98 Å². The summed E-state index contributed by atoms with van der Waals surface area (Å²) in [5, 5.41) is 16.3. The Labute approximate surface area is 124 Å². The molecule has 116 valence electrons. The Hall–Kier alpha value is -1.99. The van der Waals surface area contributed by atoms with Crippen molar-refractivity contribution < 1.29 is 14.2 Å². The summed E-state index contributed by atoms with van der Waals surface area (Å²) in [5.41, 5.74) is 0.429. The van der Waals surface area contributed by atoms with Gasteiger partial charge >= 0.3 is 0 Å². The van der Waals surface area contributed by atoms with Crippen LogP contribution in [0.3, 0.4) is 0 Å². The van der Waals surface area contributed by atoms with Gasteiger partial charge < -0.3 is 19.1 Å². The maximum Gasteiger partial charge on any atom is 0.213 e. The number of aromatic nitrogens is 1. The predicted molar refractivity (Wildman–Crippen MR) is 80.4 cm³/mol. The summed E-state index contributed by atoms with van der Waals surface area (Å²) in [6.07, 6.45) is 0. The van der Waals surface area contributed by atoms with E-state index in [4.69, 9.17) is 25.0 Å². The van der Waals surface area contributed by atoms with Crippen LogP contribution in [-0.4, -0.2) is 62.1 Å². The zero-order valence-electron chi connectivity index (χ0n) is 12.8. The summed E-state index contributed by atoms with van der Waals surface area (Å²) in [7, 11) is 4.68. The van der Waals surface area contributed by atoms with Crippen LogP contribution in [0.15, 0.2) is 18.2 Å². The van der Waals surface area contributed by atoms with Gasteiger partial charge in [-0.15, -0.1) is 0 Å². The zero-order chi connectivity index (χ0) is 15.8. The molecule has 1 heterocycles. The largest absolute Gasteiger partial charge is 0.481 e. The smallest absolute Gasteiger partial charge is 0.213 e. The third-order valence-electron chi connectivity index (χ3n) is 2.86. The first kappa shape index (κ1) is 17.1. The Balaban J connectivity index is 3.07. The molecule has 0 atom stereocenters. The number of pyridine rings is 1.